The fourth-order valence-corrected chi connectivity index (χ4v) is 9.71. The Kier molecular flexibility index (Phi) is 32.3. The zero-order valence-corrected chi connectivity index (χ0v) is 44.3. The Morgan fingerprint density at radius 1 is 0.708 bits per heavy atom. The van der Waals surface area contributed by atoms with E-state index in [-0.39, 0.29) is 11.6 Å². The first kappa shape index (κ1) is 58.8. The lowest BCUT2D eigenvalue weighted by Crippen LogP contribution is -2.50. The molecule has 2 heterocycles. The molecule has 1 aliphatic rings. The summed E-state index contributed by atoms with van der Waals surface area (Å²) in [7, 11) is 1.39. The second-order valence-electron chi connectivity index (χ2n) is 20.3. The van der Waals surface area contributed by atoms with Gasteiger partial charge in [-0.3, -0.25) is 19.2 Å². The van der Waals surface area contributed by atoms with Crippen LogP contribution < -0.4 is 11.2 Å². The van der Waals surface area contributed by atoms with Crippen molar-refractivity contribution in [3.63, 3.8) is 0 Å². The number of H-pyrrole nitrogens is 1. The van der Waals surface area contributed by atoms with E-state index in [4.69, 9.17) is 18.7 Å². The van der Waals surface area contributed by atoms with Gasteiger partial charge >= 0.3 is 5.69 Å². The van der Waals surface area contributed by atoms with Gasteiger partial charge in [0.2, 0.25) is 0 Å². The normalized spacial score (nSPS) is 18.7. The topological polar surface area (TPSA) is 95.0 Å². The van der Waals surface area contributed by atoms with Gasteiger partial charge in [0, 0.05) is 33.0 Å². The van der Waals surface area contributed by atoms with Crippen molar-refractivity contribution in [3.8, 4) is 0 Å². The van der Waals surface area contributed by atoms with Crippen molar-refractivity contribution in [2.24, 2.45) is 5.92 Å². The summed E-state index contributed by atoms with van der Waals surface area (Å²) in [5, 5.41) is 1.96. The van der Waals surface area contributed by atoms with Gasteiger partial charge in [0.25, 0.3) is 5.56 Å². The lowest BCUT2D eigenvalue weighted by molar-refractivity contribution is -0.184. The van der Waals surface area contributed by atoms with Crippen molar-refractivity contribution in [2.45, 2.75) is 244 Å². The third kappa shape index (κ3) is 26.1. The molecule has 0 aliphatic carbocycles. The van der Waals surface area contributed by atoms with Gasteiger partial charge in [-0.1, -0.05) is 173 Å². The third-order valence-electron chi connectivity index (χ3n) is 13.5. The first-order valence-corrected chi connectivity index (χ1v) is 29.4. The van der Waals surface area contributed by atoms with E-state index in [1.807, 2.05) is 12.1 Å². The molecule has 1 saturated heterocycles. The number of nitrogens with zero attached hydrogens (tertiary/aromatic N) is 2. The maximum absolute atomic E-state index is 12.9. The summed E-state index contributed by atoms with van der Waals surface area (Å²) in [5.74, 6) is 0.555. The van der Waals surface area contributed by atoms with E-state index < -0.39 is 44.1 Å². The van der Waals surface area contributed by atoms with E-state index in [9.17, 15) is 9.59 Å². The summed E-state index contributed by atoms with van der Waals surface area (Å²) in [6, 6.07) is 1.34. The minimum Gasteiger partial charge on any atom is -0.408 e. The average molecular weight is 926 g/mol. The highest BCUT2D eigenvalue weighted by Crippen LogP contribution is 2.42. The van der Waals surface area contributed by atoms with E-state index in [1.165, 1.54) is 171 Å². The molecular formula is C55H99N3O6Si. The van der Waals surface area contributed by atoms with Crippen LogP contribution in [0.25, 0.3) is 0 Å². The van der Waals surface area contributed by atoms with E-state index in [2.05, 4.69) is 101 Å². The molecule has 2 unspecified atom stereocenters. The number of unbranched alkanes of at least 4 members (excludes halogenated alkanes) is 18. The maximum atomic E-state index is 12.9. The van der Waals surface area contributed by atoms with Gasteiger partial charge in [-0.15, -0.1) is 0 Å². The number of aromatic amines is 1. The van der Waals surface area contributed by atoms with Crippen molar-refractivity contribution < 1.29 is 18.7 Å². The van der Waals surface area contributed by atoms with Crippen molar-refractivity contribution in [2.75, 3.05) is 27.3 Å². The predicted octanol–water partition coefficient (Wildman–Crippen LogP) is 14.7. The quantitative estimate of drug-likeness (QED) is 0.0304. The van der Waals surface area contributed by atoms with Crippen LogP contribution in [-0.2, 0) is 18.7 Å². The fourth-order valence-electron chi connectivity index (χ4n) is 8.39. The molecule has 0 radical (unpaired) electrons. The molecule has 0 aromatic carbocycles. The molecule has 0 saturated carbocycles. The number of allylic oxidation sites excluding steroid dienone is 8. The van der Waals surface area contributed by atoms with Crippen LogP contribution in [0, 0.1) is 5.92 Å². The molecular weight excluding hydrogens is 827 g/mol. The SMILES string of the molecule is CCCCC/C=C\C/C=C\CCCCCCCCC(CCCCCCCC/C=C\C/C=C\CCCCC)CN(C)OC[C@H]1O[C@@H](n2ccc(=O)[nH]c2=O)C(OC)C1O[Si](C)(C)C(C)(C)C. The molecule has 1 aliphatic heterocycles. The number of hydrogen-bond acceptors (Lipinski definition) is 7. The number of ether oxygens (including phenoxy) is 2. The van der Waals surface area contributed by atoms with Gasteiger partial charge in [0.15, 0.2) is 14.5 Å². The summed E-state index contributed by atoms with van der Waals surface area (Å²) in [5.41, 5.74) is -0.986. The lowest BCUT2D eigenvalue weighted by Gasteiger charge is -2.40. The zero-order valence-electron chi connectivity index (χ0n) is 43.3. The minimum absolute atomic E-state index is 0.0440. The van der Waals surface area contributed by atoms with Crippen LogP contribution in [0.2, 0.25) is 18.1 Å². The summed E-state index contributed by atoms with van der Waals surface area (Å²) in [6.45, 7) is 16.7. The van der Waals surface area contributed by atoms with Crippen LogP contribution in [0.5, 0.6) is 0 Å². The Hall–Kier alpha value is -2.34. The van der Waals surface area contributed by atoms with Gasteiger partial charge in [-0.25, -0.2) is 4.79 Å². The Morgan fingerprint density at radius 2 is 1.17 bits per heavy atom. The Bertz CT molecular complexity index is 1510. The van der Waals surface area contributed by atoms with Crippen LogP contribution in [0.4, 0.5) is 0 Å². The van der Waals surface area contributed by atoms with Crippen LogP contribution in [0.15, 0.2) is 70.5 Å². The Balaban J connectivity index is 1.91. The molecule has 0 spiro atoms. The van der Waals surface area contributed by atoms with Gasteiger partial charge < -0.3 is 13.9 Å². The first-order chi connectivity index (χ1) is 31.3. The molecule has 1 N–H and O–H groups in total. The van der Waals surface area contributed by atoms with E-state index in [0.717, 1.165) is 19.4 Å². The van der Waals surface area contributed by atoms with Crippen molar-refractivity contribution in [3.05, 3.63) is 81.7 Å². The molecule has 0 bridgehead atoms. The molecule has 1 aromatic rings. The minimum atomic E-state index is -2.28. The van der Waals surface area contributed by atoms with Crippen LogP contribution in [0.1, 0.15) is 208 Å². The first-order valence-electron chi connectivity index (χ1n) is 26.5. The lowest BCUT2D eigenvalue weighted by atomic mass is 9.94. The molecule has 374 valence electrons. The number of methoxy groups -OCH3 is 1. The van der Waals surface area contributed by atoms with E-state index in [1.54, 1.807) is 7.11 Å². The average Bonchev–Trinajstić information content (AvgIpc) is 3.60. The molecule has 2 rings (SSSR count). The summed E-state index contributed by atoms with van der Waals surface area (Å²) < 4.78 is 21.0. The smallest absolute Gasteiger partial charge is 0.330 e. The van der Waals surface area contributed by atoms with Crippen LogP contribution in [-0.4, -0.2) is 68.6 Å². The molecule has 4 atom stereocenters. The second-order valence-corrected chi connectivity index (χ2v) is 25.1. The highest BCUT2D eigenvalue weighted by Gasteiger charge is 2.51. The Morgan fingerprint density at radius 3 is 1.62 bits per heavy atom. The maximum Gasteiger partial charge on any atom is 0.330 e. The van der Waals surface area contributed by atoms with E-state index >= 15 is 0 Å². The van der Waals surface area contributed by atoms with Crippen molar-refractivity contribution in [1.29, 1.82) is 0 Å². The highest BCUT2D eigenvalue weighted by atomic mass is 28.4. The van der Waals surface area contributed by atoms with Crippen molar-refractivity contribution >= 4 is 8.32 Å². The van der Waals surface area contributed by atoms with Crippen molar-refractivity contribution in [1.82, 2.24) is 14.6 Å². The van der Waals surface area contributed by atoms with Gasteiger partial charge in [0.1, 0.15) is 18.3 Å². The fraction of sp³-hybridized carbons (Fsp3) is 0.782. The largest absolute Gasteiger partial charge is 0.408 e. The standard InChI is InChI=1S/C55H99N3O6Si/c1-10-12-14-16-18-20-22-24-26-28-30-32-34-36-38-40-42-48(43-41-39-37-35-33-31-29-27-25-23-21-19-17-15-13-11-2)46-57(6)62-47-49-51(64-65(8,9)55(3,4)5)52(61-7)53(63-49)58-45-44-50(59)56-54(58)60/h18-21,24-27,44-45,48-49,51-53H,10-17,22-23,28-43,46-47H2,1-9H3,(H,56,59,60)/b20-18-,21-19-,26-24-,27-25-/t49-,51?,52?,53-/m1/s1. The van der Waals surface area contributed by atoms with E-state index in [0.29, 0.717) is 5.92 Å². The van der Waals surface area contributed by atoms with Crippen LogP contribution >= 0.6 is 0 Å². The monoisotopic (exact) mass is 926 g/mol. The molecule has 65 heavy (non-hydrogen) atoms. The van der Waals surface area contributed by atoms with Crippen LogP contribution in [0.3, 0.4) is 0 Å². The third-order valence-corrected chi connectivity index (χ3v) is 18.0. The number of hydroxylamine groups is 2. The molecule has 9 nitrogen and oxygen atoms in total. The Labute approximate surface area is 399 Å². The zero-order chi connectivity index (χ0) is 47.6. The van der Waals surface area contributed by atoms with Gasteiger partial charge in [-0.2, -0.15) is 5.06 Å². The molecule has 10 heteroatoms. The molecule has 1 fully saturated rings. The molecule has 1 aromatic heterocycles. The predicted molar refractivity (Wildman–Crippen MR) is 278 cm³/mol. The number of hydrogen-bond donors (Lipinski definition) is 1. The second kappa shape index (κ2) is 35.8. The number of rotatable bonds is 39. The highest BCUT2D eigenvalue weighted by molar-refractivity contribution is 6.74. The number of aromatic nitrogens is 2. The summed E-state index contributed by atoms with van der Waals surface area (Å²) in [6.07, 6.45) is 50.8. The summed E-state index contributed by atoms with van der Waals surface area (Å²) >= 11 is 0. The van der Waals surface area contributed by atoms with Gasteiger partial charge in [-0.05, 0) is 101 Å². The molecule has 0 amide bonds. The number of nitrogens with one attached hydrogen (secondary N) is 1. The summed E-state index contributed by atoms with van der Waals surface area (Å²) in [4.78, 5) is 33.7. The van der Waals surface area contributed by atoms with Gasteiger partial charge in [0.05, 0.1) is 6.61 Å².